The average molecular weight is 576 g/mol. The molecule has 1 N–H and O–H groups in total. The maximum Gasteiger partial charge on any atom is 0.160 e. The maximum atomic E-state index is 8.79. The number of hydrogen-bond acceptors (Lipinski definition) is 3. The fraction of sp³-hybridized carbons (Fsp3) is 0.154. The third kappa shape index (κ3) is 5.22. The van der Waals surface area contributed by atoms with Crippen molar-refractivity contribution in [2.75, 3.05) is 0 Å². The van der Waals surface area contributed by atoms with Crippen LogP contribution in [0, 0.1) is 11.3 Å². The molecule has 3 aromatic carbocycles. The molecule has 1 atom stereocenters. The Kier molecular flexibility index (Phi) is 7.60. The van der Waals surface area contributed by atoms with Gasteiger partial charge in [0.1, 0.15) is 28.3 Å². The molecule has 5 heteroatoms. The zero-order chi connectivity index (χ0) is 29.9. The van der Waals surface area contributed by atoms with E-state index in [1.807, 2.05) is 73.0 Å². The van der Waals surface area contributed by atoms with E-state index in [-0.39, 0.29) is 5.92 Å². The molecule has 216 valence electrons. The normalized spacial score (nSPS) is 16.9. The van der Waals surface area contributed by atoms with Crippen LogP contribution in [0.2, 0.25) is 0 Å². The number of aliphatic imine (C=N–C) groups is 2. The van der Waals surface area contributed by atoms with Gasteiger partial charge in [0, 0.05) is 45.8 Å². The van der Waals surface area contributed by atoms with Gasteiger partial charge in [-0.05, 0) is 55.0 Å². The summed E-state index contributed by atoms with van der Waals surface area (Å²) in [6.45, 7) is 3.94. The van der Waals surface area contributed by atoms with Gasteiger partial charge in [0.25, 0.3) is 0 Å². The van der Waals surface area contributed by atoms with Gasteiger partial charge in [-0.2, -0.15) is 0 Å². The minimum atomic E-state index is -0.0619. The van der Waals surface area contributed by atoms with Crippen molar-refractivity contribution in [3.05, 3.63) is 133 Å². The Morgan fingerprint density at radius 1 is 0.886 bits per heavy atom. The highest BCUT2D eigenvalue weighted by atomic mass is 16.3. The van der Waals surface area contributed by atoms with Crippen molar-refractivity contribution < 1.29 is 8.83 Å². The van der Waals surface area contributed by atoms with Crippen LogP contribution >= 0.6 is 0 Å². The molecular formula is C39H33N3O2. The largest absolute Gasteiger partial charge is 0.460 e. The third-order valence-corrected chi connectivity index (χ3v) is 8.22. The molecule has 0 saturated heterocycles. The highest BCUT2D eigenvalue weighted by Crippen LogP contribution is 2.41. The van der Waals surface area contributed by atoms with Gasteiger partial charge in [-0.15, -0.1) is 6.58 Å². The lowest BCUT2D eigenvalue weighted by atomic mass is 9.94. The average Bonchev–Trinajstić information content (AvgIpc) is 3.64. The van der Waals surface area contributed by atoms with Crippen molar-refractivity contribution in [2.24, 2.45) is 15.9 Å². The maximum absolute atomic E-state index is 8.79. The summed E-state index contributed by atoms with van der Waals surface area (Å²) in [6, 6.07) is 20.6. The molecule has 5 nitrogen and oxygen atoms in total. The molecule has 0 amide bonds. The molecular weight excluding hydrogens is 542 g/mol. The van der Waals surface area contributed by atoms with Crippen molar-refractivity contribution in [1.29, 1.82) is 5.41 Å². The fourth-order valence-electron chi connectivity index (χ4n) is 6.05. The van der Waals surface area contributed by atoms with E-state index < -0.39 is 0 Å². The Morgan fingerprint density at radius 3 is 2.45 bits per heavy atom. The second kappa shape index (κ2) is 12.1. The Hall–Kier alpha value is -5.29. The van der Waals surface area contributed by atoms with E-state index in [4.69, 9.17) is 24.2 Å². The molecule has 44 heavy (non-hydrogen) atoms. The summed E-state index contributed by atoms with van der Waals surface area (Å²) in [5.74, 6) is 1.63. The topological polar surface area (TPSA) is 74.8 Å². The standard InChI is InChI=1S/C39H33N3O2/c1-2-3-21-33-31(25-41-39(27-16-8-5-9-17-27)42-38(40)26-14-6-4-7-15-26)37-29(20-13-24-35(37)44-33)28-19-12-23-34-36(28)30-18-10-11-22-32(30)43-34/h2,4,6-8,10-14,16-20,22-26,40H,1,3,5,9,15,21H2/b40-38?,41-25+,42-39-. The lowest BCUT2D eigenvalue weighted by Gasteiger charge is -2.13. The van der Waals surface area contributed by atoms with Crippen LogP contribution in [0.4, 0.5) is 0 Å². The van der Waals surface area contributed by atoms with Gasteiger partial charge in [-0.25, -0.2) is 9.98 Å². The molecule has 2 aliphatic carbocycles. The van der Waals surface area contributed by atoms with Crippen molar-refractivity contribution in [3.8, 4) is 11.1 Å². The number of allylic oxidation sites excluding steroid dienone is 6. The summed E-state index contributed by atoms with van der Waals surface area (Å²) >= 11 is 0. The first-order chi connectivity index (χ1) is 21.7. The van der Waals surface area contributed by atoms with Gasteiger partial charge in [-0.1, -0.05) is 91.1 Å². The zero-order valence-electron chi connectivity index (χ0n) is 24.5. The van der Waals surface area contributed by atoms with Crippen LogP contribution in [0.3, 0.4) is 0 Å². The number of nitrogens with zero attached hydrogens (tertiary/aromatic N) is 2. The van der Waals surface area contributed by atoms with E-state index >= 15 is 0 Å². The predicted molar refractivity (Wildman–Crippen MR) is 183 cm³/mol. The number of nitrogens with one attached hydrogen (secondary N) is 1. The molecule has 0 bridgehead atoms. The van der Waals surface area contributed by atoms with Crippen molar-refractivity contribution in [2.45, 2.75) is 32.1 Å². The van der Waals surface area contributed by atoms with Crippen molar-refractivity contribution >= 4 is 50.8 Å². The quantitative estimate of drug-likeness (QED) is 0.119. The zero-order valence-corrected chi connectivity index (χ0v) is 24.5. The molecule has 0 fully saturated rings. The third-order valence-electron chi connectivity index (χ3n) is 8.22. The van der Waals surface area contributed by atoms with Crippen LogP contribution in [0.25, 0.3) is 44.0 Å². The summed E-state index contributed by atoms with van der Waals surface area (Å²) in [6.07, 6.45) is 22.4. The number of aryl methyl sites for hydroxylation is 1. The molecule has 0 saturated carbocycles. The first kappa shape index (κ1) is 27.5. The fourth-order valence-corrected chi connectivity index (χ4v) is 6.05. The highest BCUT2D eigenvalue weighted by Gasteiger charge is 2.21. The smallest absolute Gasteiger partial charge is 0.160 e. The van der Waals surface area contributed by atoms with Crippen LogP contribution in [-0.2, 0) is 6.42 Å². The number of rotatable bonds is 7. The van der Waals surface area contributed by atoms with Gasteiger partial charge in [0.15, 0.2) is 5.84 Å². The van der Waals surface area contributed by atoms with Crippen molar-refractivity contribution in [1.82, 2.24) is 0 Å². The molecule has 0 spiro atoms. The van der Waals surface area contributed by atoms with Gasteiger partial charge in [0.05, 0.1) is 0 Å². The summed E-state index contributed by atoms with van der Waals surface area (Å²) in [7, 11) is 0. The van der Waals surface area contributed by atoms with Gasteiger partial charge < -0.3 is 8.83 Å². The molecule has 2 aliphatic rings. The molecule has 2 aromatic heterocycles. The van der Waals surface area contributed by atoms with E-state index in [9.17, 15) is 0 Å². The molecule has 1 unspecified atom stereocenters. The monoisotopic (exact) mass is 575 g/mol. The summed E-state index contributed by atoms with van der Waals surface area (Å²) in [5.41, 5.74) is 6.50. The highest BCUT2D eigenvalue weighted by molar-refractivity contribution is 6.18. The van der Waals surface area contributed by atoms with Crippen LogP contribution in [0.5, 0.6) is 0 Å². The van der Waals surface area contributed by atoms with E-state index in [2.05, 4.69) is 49.1 Å². The summed E-state index contributed by atoms with van der Waals surface area (Å²) < 4.78 is 12.7. The molecule has 5 aromatic rings. The minimum Gasteiger partial charge on any atom is -0.460 e. The lowest BCUT2D eigenvalue weighted by molar-refractivity contribution is 0.549. The summed E-state index contributed by atoms with van der Waals surface area (Å²) in [4.78, 5) is 9.78. The molecule has 7 rings (SSSR count). The van der Waals surface area contributed by atoms with Crippen LogP contribution in [0.1, 0.15) is 37.0 Å². The second-order valence-electron chi connectivity index (χ2n) is 11.1. The Bertz CT molecular complexity index is 2090. The number of hydrogen-bond donors (Lipinski definition) is 1. The summed E-state index contributed by atoms with van der Waals surface area (Å²) in [5, 5.41) is 11.9. The molecule has 0 radical (unpaired) electrons. The van der Waals surface area contributed by atoms with Crippen LogP contribution in [-0.4, -0.2) is 17.9 Å². The second-order valence-corrected chi connectivity index (χ2v) is 11.1. The van der Waals surface area contributed by atoms with Crippen LogP contribution in [0.15, 0.2) is 140 Å². The number of para-hydroxylation sites is 1. The lowest BCUT2D eigenvalue weighted by Crippen LogP contribution is -2.13. The number of furan rings is 2. The first-order valence-electron chi connectivity index (χ1n) is 15.2. The number of benzene rings is 3. The van der Waals surface area contributed by atoms with Gasteiger partial charge in [-0.3, -0.25) is 5.41 Å². The number of fused-ring (bicyclic) bond motifs is 4. The Morgan fingerprint density at radius 2 is 1.68 bits per heavy atom. The minimum absolute atomic E-state index is 0.0619. The van der Waals surface area contributed by atoms with E-state index in [0.717, 1.165) is 86.6 Å². The Balaban J connectivity index is 1.40. The van der Waals surface area contributed by atoms with E-state index in [0.29, 0.717) is 18.1 Å². The predicted octanol–water partition coefficient (Wildman–Crippen LogP) is 10.3. The van der Waals surface area contributed by atoms with Crippen molar-refractivity contribution in [3.63, 3.8) is 0 Å². The van der Waals surface area contributed by atoms with Crippen LogP contribution < -0.4 is 0 Å². The first-order valence-corrected chi connectivity index (χ1v) is 15.2. The van der Waals surface area contributed by atoms with Gasteiger partial charge in [0.2, 0.25) is 0 Å². The SMILES string of the molecule is C=CCCc1oc2cccc(-c3cccc4oc5ccccc5c34)c2c1/C=N/C(=N\C(=N)C1C=CC=CC1)C1=CCCC=C1. The van der Waals surface area contributed by atoms with Gasteiger partial charge >= 0.3 is 0 Å². The molecule has 0 aliphatic heterocycles. The van der Waals surface area contributed by atoms with E-state index in [1.165, 1.54) is 0 Å². The van der Waals surface area contributed by atoms with E-state index in [1.54, 1.807) is 0 Å². The Labute approximate surface area is 256 Å². The molecule has 2 heterocycles. The number of amidine groups is 2.